The number of carbonyl (C=O) groups is 2. The van der Waals surface area contributed by atoms with Gasteiger partial charge in [0.15, 0.2) is 15.9 Å². The summed E-state index contributed by atoms with van der Waals surface area (Å²) in [4.78, 5) is 26.1. The fourth-order valence-electron chi connectivity index (χ4n) is 2.91. The summed E-state index contributed by atoms with van der Waals surface area (Å²) in [7, 11) is -1.78. The fraction of sp³-hybridized carbons (Fsp3) is 0.529. The Morgan fingerprint density at radius 3 is 2.58 bits per heavy atom. The second-order valence-corrected chi connectivity index (χ2v) is 8.30. The van der Waals surface area contributed by atoms with Crippen molar-refractivity contribution in [2.75, 3.05) is 25.2 Å². The number of hydrogen-bond acceptors (Lipinski definition) is 6. The Hall–Kier alpha value is -2.16. The van der Waals surface area contributed by atoms with Crippen molar-refractivity contribution in [3.8, 4) is 5.75 Å². The molecule has 1 saturated heterocycles. The third kappa shape index (κ3) is 4.51. The summed E-state index contributed by atoms with van der Waals surface area (Å²) >= 11 is 0. The molecule has 0 bridgehead atoms. The van der Waals surface area contributed by atoms with Crippen LogP contribution in [-0.2, 0) is 19.4 Å². The van der Waals surface area contributed by atoms with Crippen LogP contribution in [-0.4, -0.2) is 62.5 Å². The van der Waals surface area contributed by atoms with Crippen molar-refractivity contribution >= 4 is 21.7 Å². The number of sulfone groups is 1. The predicted molar refractivity (Wildman–Crippen MR) is 92.3 cm³/mol. The van der Waals surface area contributed by atoms with Crippen molar-refractivity contribution in [2.45, 2.75) is 32.4 Å². The minimum Gasteiger partial charge on any atom is -0.497 e. The standard InChI is InChI=1S/C17H22FNO6S/c1-4-19(12-7-8-26(22,23)10-12)16(20)11(2)25-17(21)14-6-5-13(24-3)9-15(14)18/h5-6,9,11-12H,4,7-8,10H2,1-3H3/t11-,12-/m1/s1. The van der Waals surface area contributed by atoms with Crippen molar-refractivity contribution in [3.05, 3.63) is 29.6 Å². The zero-order chi connectivity index (χ0) is 19.5. The molecule has 0 saturated carbocycles. The smallest absolute Gasteiger partial charge is 0.341 e. The largest absolute Gasteiger partial charge is 0.497 e. The van der Waals surface area contributed by atoms with E-state index in [0.29, 0.717) is 6.42 Å². The molecule has 0 radical (unpaired) electrons. The van der Waals surface area contributed by atoms with Gasteiger partial charge in [-0.2, -0.15) is 0 Å². The molecular formula is C17H22FNO6S. The predicted octanol–water partition coefficient (Wildman–Crippen LogP) is 1.42. The van der Waals surface area contributed by atoms with Crippen LogP contribution in [0, 0.1) is 5.82 Å². The average molecular weight is 387 g/mol. The zero-order valence-corrected chi connectivity index (χ0v) is 15.7. The molecule has 0 aromatic heterocycles. The molecule has 0 N–H and O–H groups in total. The van der Waals surface area contributed by atoms with E-state index in [0.717, 1.165) is 6.07 Å². The van der Waals surface area contributed by atoms with E-state index in [9.17, 15) is 22.4 Å². The van der Waals surface area contributed by atoms with Crippen molar-refractivity contribution in [2.24, 2.45) is 0 Å². The maximum atomic E-state index is 14.0. The third-order valence-corrected chi connectivity index (χ3v) is 6.05. The average Bonchev–Trinajstić information content (AvgIpc) is 2.94. The highest BCUT2D eigenvalue weighted by molar-refractivity contribution is 7.91. The number of methoxy groups -OCH3 is 1. The Labute approximate surface area is 152 Å². The molecule has 0 aliphatic carbocycles. The molecule has 1 aromatic carbocycles. The first kappa shape index (κ1) is 20.2. The van der Waals surface area contributed by atoms with Gasteiger partial charge in [-0.3, -0.25) is 4.79 Å². The first-order chi connectivity index (χ1) is 12.2. The monoisotopic (exact) mass is 387 g/mol. The lowest BCUT2D eigenvalue weighted by molar-refractivity contribution is -0.141. The molecule has 1 amide bonds. The van der Waals surface area contributed by atoms with Crippen molar-refractivity contribution in [1.29, 1.82) is 0 Å². The van der Waals surface area contributed by atoms with Gasteiger partial charge in [0.1, 0.15) is 11.6 Å². The molecule has 2 rings (SSSR count). The maximum Gasteiger partial charge on any atom is 0.341 e. The number of benzene rings is 1. The first-order valence-corrected chi connectivity index (χ1v) is 10.1. The Kier molecular flexibility index (Phi) is 6.22. The highest BCUT2D eigenvalue weighted by Crippen LogP contribution is 2.20. The molecule has 1 aliphatic rings. The second kappa shape index (κ2) is 8.03. The summed E-state index contributed by atoms with van der Waals surface area (Å²) in [5.74, 6) is -2.10. The fourth-order valence-corrected chi connectivity index (χ4v) is 4.64. The molecule has 1 heterocycles. The molecule has 9 heteroatoms. The number of likely N-dealkylation sites (N-methyl/N-ethyl adjacent to an activating group) is 1. The minimum atomic E-state index is -3.15. The molecule has 0 unspecified atom stereocenters. The Balaban J connectivity index is 2.06. The summed E-state index contributed by atoms with van der Waals surface area (Å²) in [6.07, 6.45) is -0.803. The van der Waals surface area contributed by atoms with Gasteiger partial charge < -0.3 is 14.4 Å². The van der Waals surface area contributed by atoms with Gasteiger partial charge in [-0.05, 0) is 32.4 Å². The summed E-state index contributed by atoms with van der Waals surface area (Å²) < 4.78 is 47.2. The molecule has 2 atom stereocenters. The van der Waals surface area contributed by atoms with E-state index in [4.69, 9.17) is 9.47 Å². The van der Waals surface area contributed by atoms with E-state index in [1.165, 1.54) is 31.1 Å². The van der Waals surface area contributed by atoms with Crippen molar-refractivity contribution in [1.82, 2.24) is 4.90 Å². The van der Waals surface area contributed by atoms with Gasteiger partial charge in [-0.15, -0.1) is 0 Å². The zero-order valence-electron chi connectivity index (χ0n) is 14.9. The number of nitrogens with zero attached hydrogens (tertiary/aromatic N) is 1. The van der Waals surface area contributed by atoms with Crippen LogP contribution in [0.2, 0.25) is 0 Å². The number of carbonyl (C=O) groups excluding carboxylic acids is 2. The van der Waals surface area contributed by atoms with Crippen molar-refractivity contribution < 1.29 is 31.9 Å². The number of esters is 1. The van der Waals surface area contributed by atoms with Gasteiger partial charge >= 0.3 is 5.97 Å². The van der Waals surface area contributed by atoms with Gasteiger partial charge in [0.05, 0.1) is 24.2 Å². The SMILES string of the molecule is CCN(C(=O)[C@@H](C)OC(=O)c1ccc(OC)cc1F)[C@@H]1CCS(=O)(=O)C1. The Morgan fingerprint density at radius 2 is 2.08 bits per heavy atom. The van der Waals surface area contributed by atoms with E-state index in [1.54, 1.807) is 6.92 Å². The van der Waals surface area contributed by atoms with Gasteiger partial charge in [0.25, 0.3) is 5.91 Å². The molecule has 1 aliphatic heterocycles. The van der Waals surface area contributed by atoms with Crippen LogP contribution >= 0.6 is 0 Å². The van der Waals surface area contributed by atoms with Gasteiger partial charge in [0.2, 0.25) is 0 Å². The van der Waals surface area contributed by atoms with E-state index in [2.05, 4.69) is 0 Å². The van der Waals surface area contributed by atoms with Crippen LogP contribution in [0.25, 0.3) is 0 Å². The lowest BCUT2D eigenvalue weighted by atomic mass is 10.2. The lowest BCUT2D eigenvalue weighted by Crippen LogP contribution is -2.46. The van der Waals surface area contributed by atoms with E-state index >= 15 is 0 Å². The van der Waals surface area contributed by atoms with Gasteiger partial charge in [0, 0.05) is 18.7 Å². The van der Waals surface area contributed by atoms with Crippen LogP contribution in [0.15, 0.2) is 18.2 Å². The lowest BCUT2D eigenvalue weighted by Gasteiger charge is -2.29. The number of halogens is 1. The highest BCUT2D eigenvalue weighted by atomic mass is 32.2. The molecule has 1 fully saturated rings. The molecule has 26 heavy (non-hydrogen) atoms. The molecular weight excluding hydrogens is 365 g/mol. The van der Waals surface area contributed by atoms with Crippen LogP contribution in [0.4, 0.5) is 4.39 Å². The summed E-state index contributed by atoms with van der Waals surface area (Å²) in [5.41, 5.74) is -0.308. The Morgan fingerprint density at radius 1 is 1.38 bits per heavy atom. The van der Waals surface area contributed by atoms with Gasteiger partial charge in [-0.25, -0.2) is 17.6 Å². The Bertz CT molecular complexity index is 794. The van der Waals surface area contributed by atoms with Crippen LogP contribution in [0.3, 0.4) is 0 Å². The van der Waals surface area contributed by atoms with Crippen LogP contribution in [0.5, 0.6) is 5.75 Å². The number of ether oxygens (including phenoxy) is 2. The quantitative estimate of drug-likeness (QED) is 0.686. The molecule has 1 aromatic rings. The number of rotatable bonds is 6. The third-order valence-electron chi connectivity index (χ3n) is 4.30. The molecule has 7 nitrogen and oxygen atoms in total. The number of amides is 1. The normalized spacial score (nSPS) is 19.6. The van der Waals surface area contributed by atoms with Crippen molar-refractivity contribution in [3.63, 3.8) is 0 Å². The van der Waals surface area contributed by atoms with E-state index in [-0.39, 0.29) is 29.4 Å². The second-order valence-electron chi connectivity index (χ2n) is 6.07. The van der Waals surface area contributed by atoms with Gasteiger partial charge in [-0.1, -0.05) is 0 Å². The molecule has 0 spiro atoms. The number of hydrogen-bond donors (Lipinski definition) is 0. The topological polar surface area (TPSA) is 90.0 Å². The summed E-state index contributed by atoms with van der Waals surface area (Å²) in [5, 5.41) is 0. The summed E-state index contributed by atoms with van der Waals surface area (Å²) in [6, 6.07) is 3.24. The van der Waals surface area contributed by atoms with Crippen LogP contribution in [0.1, 0.15) is 30.6 Å². The van der Waals surface area contributed by atoms with E-state index in [1.807, 2.05) is 0 Å². The maximum absolute atomic E-state index is 14.0. The van der Waals surface area contributed by atoms with Crippen LogP contribution < -0.4 is 4.74 Å². The minimum absolute atomic E-state index is 0.0344. The molecule has 144 valence electrons. The highest BCUT2D eigenvalue weighted by Gasteiger charge is 2.36. The van der Waals surface area contributed by atoms with E-state index < -0.39 is 39.7 Å². The first-order valence-electron chi connectivity index (χ1n) is 8.24. The summed E-state index contributed by atoms with van der Waals surface area (Å²) in [6.45, 7) is 3.39.